The molecule has 9 heteroatoms. The molecule has 0 aromatic carbocycles. The van der Waals surface area contributed by atoms with Crippen LogP contribution in [0.25, 0.3) is 0 Å². The summed E-state index contributed by atoms with van der Waals surface area (Å²) in [4.78, 5) is 42.7. The van der Waals surface area contributed by atoms with E-state index in [1.54, 1.807) is 0 Å². The Morgan fingerprint density at radius 1 is 0.783 bits per heavy atom. The van der Waals surface area contributed by atoms with Crippen LogP contribution < -0.4 is 0 Å². The van der Waals surface area contributed by atoms with Gasteiger partial charge in [0.25, 0.3) is 0 Å². The van der Waals surface area contributed by atoms with Crippen LogP contribution in [0.1, 0.15) is 6.92 Å². The van der Waals surface area contributed by atoms with E-state index in [1.807, 2.05) is 0 Å². The van der Waals surface area contributed by atoms with E-state index in [1.165, 1.54) is 35.4 Å². The van der Waals surface area contributed by atoms with Crippen LogP contribution in [0.4, 0.5) is 0 Å². The van der Waals surface area contributed by atoms with Gasteiger partial charge in [-0.25, -0.2) is 19.2 Å². The number of carbonyl (C=O) groups is 4. The first kappa shape index (κ1) is 23.1. The Hall–Kier alpha value is -2.16. The van der Waals surface area contributed by atoms with E-state index < -0.39 is 23.9 Å². The minimum atomic E-state index is -0.574. The maximum absolute atomic E-state index is 10.9. The fraction of sp³-hybridized carbons (Fsp3) is 0.429. The van der Waals surface area contributed by atoms with Gasteiger partial charge in [0.15, 0.2) is 0 Å². The largest absolute Gasteiger partial charge is 0.466 e. The van der Waals surface area contributed by atoms with E-state index in [-0.39, 0.29) is 16.5 Å². The van der Waals surface area contributed by atoms with E-state index in [0.717, 1.165) is 12.2 Å². The van der Waals surface area contributed by atoms with Crippen LogP contribution in [0.5, 0.6) is 0 Å². The summed E-state index contributed by atoms with van der Waals surface area (Å²) in [5.74, 6) is -2.21. The van der Waals surface area contributed by atoms with Crippen LogP contribution in [0, 0.1) is 0 Å². The molecule has 0 saturated carbocycles. The summed E-state index contributed by atoms with van der Waals surface area (Å²) in [6.07, 6.45) is 2.16. The number of rotatable bonds is 5. The van der Waals surface area contributed by atoms with Crippen molar-refractivity contribution in [3.63, 3.8) is 0 Å². The van der Waals surface area contributed by atoms with Crippen molar-refractivity contribution in [2.45, 2.75) is 6.92 Å². The van der Waals surface area contributed by atoms with Gasteiger partial charge in [-0.15, -0.1) is 0 Å². The number of ether oxygens (including phenoxy) is 4. The first-order valence-electron chi connectivity index (χ1n) is 6.04. The number of hydrogen-bond donors (Lipinski definition) is 0. The summed E-state index contributed by atoms with van der Waals surface area (Å²) in [6, 6.07) is 0. The van der Waals surface area contributed by atoms with Gasteiger partial charge in [-0.3, -0.25) is 0 Å². The maximum atomic E-state index is 10.9. The molecule has 0 aliphatic rings. The normalized spacial score (nSPS) is 10.7. The number of carbonyl (C=O) groups excluding carboxylic acids is 4. The zero-order chi connectivity index (χ0) is 18.4. The molecule has 130 valence electrons. The molecule has 8 nitrogen and oxygen atoms in total. The molecular formula is C14H19BrO8. The van der Waals surface area contributed by atoms with Crippen LogP contribution in [0.3, 0.4) is 0 Å². The molecule has 0 aromatic heterocycles. The molecule has 0 aromatic rings. The first-order chi connectivity index (χ1) is 10.8. The Bertz CT molecular complexity index is 493. The van der Waals surface area contributed by atoms with Crippen molar-refractivity contribution in [2.24, 2.45) is 0 Å². The number of halogens is 1. The van der Waals surface area contributed by atoms with Gasteiger partial charge in [0, 0.05) is 23.1 Å². The standard InChI is InChI=1S/C7H9BrO4.C7H10O4/c1-11-6(9)3-5(4-8)7(10)12-2;1-5(7(9)11-3)4-6(8)10-2/h3H,4H2,1-2H3;4H,1-3H3/b5-3+;5-4-. The van der Waals surface area contributed by atoms with E-state index in [2.05, 4.69) is 34.9 Å². The zero-order valence-electron chi connectivity index (χ0n) is 13.5. The number of esters is 4. The maximum Gasteiger partial charge on any atom is 0.334 e. The molecule has 0 aliphatic carbocycles. The van der Waals surface area contributed by atoms with Crippen molar-refractivity contribution in [2.75, 3.05) is 33.8 Å². The minimum Gasteiger partial charge on any atom is -0.466 e. The summed E-state index contributed by atoms with van der Waals surface area (Å²) >= 11 is 3.04. The van der Waals surface area contributed by atoms with Crippen LogP contribution in [-0.2, 0) is 38.1 Å². The van der Waals surface area contributed by atoms with Crippen LogP contribution >= 0.6 is 15.9 Å². The number of methoxy groups -OCH3 is 4. The highest BCUT2D eigenvalue weighted by Crippen LogP contribution is 2.02. The van der Waals surface area contributed by atoms with Gasteiger partial charge >= 0.3 is 23.9 Å². The second-order valence-electron chi connectivity index (χ2n) is 3.66. The fourth-order valence-electron chi connectivity index (χ4n) is 0.940. The molecule has 0 saturated heterocycles. The third-order valence-electron chi connectivity index (χ3n) is 2.13. The highest BCUT2D eigenvalue weighted by Gasteiger charge is 2.09. The summed E-state index contributed by atoms with van der Waals surface area (Å²) in [7, 11) is 4.97. The lowest BCUT2D eigenvalue weighted by molar-refractivity contribution is -0.138. The Labute approximate surface area is 142 Å². The predicted molar refractivity (Wildman–Crippen MR) is 83.7 cm³/mol. The lowest BCUT2D eigenvalue weighted by Crippen LogP contribution is -2.09. The topological polar surface area (TPSA) is 105 Å². The Balaban J connectivity index is 0. The SMILES string of the molecule is COC(=O)/C=C(/C)C(=O)OC.COC(=O)/C=C(\CBr)C(=O)OC. The van der Waals surface area contributed by atoms with Gasteiger partial charge in [0.2, 0.25) is 0 Å². The molecule has 0 radical (unpaired) electrons. The van der Waals surface area contributed by atoms with Gasteiger partial charge in [0.1, 0.15) is 0 Å². The molecule has 0 aliphatic heterocycles. The highest BCUT2D eigenvalue weighted by molar-refractivity contribution is 9.09. The van der Waals surface area contributed by atoms with E-state index in [0.29, 0.717) is 0 Å². The Morgan fingerprint density at radius 3 is 1.57 bits per heavy atom. The average Bonchev–Trinajstić information content (AvgIpc) is 2.57. The van der Waals surface area contributed by atoms with Crippen LogP contribution in [-0.4, -0.2) is 57.6 Å². The second-order valence-corrected chi connectivity index (χ2v) is 4.22. The van der Waals surface area contributed by atoms with Crippen molar-refractivity contribution in [1.29, 1.82) is 0 Å². The molecular weight excluding hydrogens is 376 g/mol. The summed E-state index contributed by atoms with van der Waals surface area (Å²) in [5, 5.41) is 0.259. The van der Waals surface area contributed by atoms with E-state index in [9.17, 15) is 19.2 Å². The van der Waals surface area contributed by atoms with Gasteiger partial charge < -0.3 is 18.9 Å². The summed E-state index contributed by atoms with van der Waals surface area (Å²) in [5.41, 5.74) is 0.448. The lowest BCUT2D eigenvalue weighted by atomic mass is 10.3. The Kier molecular flexibility index (Phi) is 13.6. The first-order valence-corrected chi connectivity index (χ1v) is 7.16. The zero-order valence-corrected chi connectivity index (χ0v) is 15.1. The number of alkyl halides is 1. The quantitative estimate of drug-likeness (QED) is 0.293. The van der Waals surface area contributed by atoms with Crippen molar-refractivity contribution in [3.05, 3.63) is 23.3 Å². The van der Waals surface area contributed by atoms with Gasteiger partial charge in [-0.05, 0) is 6.92 Å². The van der Waals surface area contributed by atoms with Gasteiger partial charge in [-0.2, -0.15) is 0 Å². The van der Waals surface area contributed by atoms with E-state index in [4.69, 9.17) is 0 Å². The molecule has 0 N–H and O–H groups in total. The fourth-order valence-corrected chi connectivity index (χ4v) is 1.33. The molecule has 23 heavy (non-hydrogen) atoms. The smallest absolute Gasteiger partial charge is 0.334 e. The van der Waals surface area contributed by atoms with E-state index >= 15 is 0 Å². The predicted octanol–water partition coefficient (Wildman–Crippen LogP) is 0.932. The molecule has 0 amide bonds. The minimum absolute atomic E-state index is 0.222. The molecule has 0 unspecified atom stereocenters. The second kappa shape index (κ2) is 13.5. The average molecular weight is 395 g/mol. The van der Waals surface area contributed by atoms with Gasteiger partial charge in [-0.1, -0.05) is 15.9 Å². The Morgan fingerprint density at radius 2 is 1.22 bits per heavy atom. The molecule has 0 heterocycles. The third-order valence-corrected chi connectivity index (χ3v) is 2.73. The van der Waals surface area contributed by atoms with Crippen molar-refractivity contribution >= 4 is 39.8 Å². The van der Waals surface area contributed by atoms with Crippen LogP contribution in [0.2, 0.25) is 0 Å². The van der Waals surface area contributed by atoms with Gasteiger partial charge in [0.05, 0.1) is 34.0 Å². The van der Waals surface area contributed by atoms with Crippen LogP contribution in [0.15, 0.2) is 23.3 Å². The molecule has 0 spiro atoms. The molecule has 0 bridgehead atoms. The number of hydrogen-bond acceptors (Lipinski definition) is 8. The lowest BCUT2D eigenvalue weighted by Gasteiger charge is -1.99. The molecule has 0 atom stereocenters. The highest BCUT2D eigenvalue weighted by atomic mass is 79.9. The monoisotopic (exact) mass is 394 g/mol. The molecule has 0 rings (SSSR count). The van der Waals surface area contributed by atoms with Crippen molar-refractivity contribution in [3.8, 4) is 0 Å². The molecule has 0 fully saturated rings. The third kappa shape index (κ3) is 11.1. The summed E-state index contributed by atoms with van der Waals surface area (Å²) in [6.45, 7) is 1.47. The summed E-state index contributed by atoms with van der Waals surface area (Å²) < 4.78 is 17.4. The van der Waals surface area contributed by atoms with Crippen molar-refractivity contribution in [1.82, 2.24) is 0 Å². The van der Waals surface area contributed by atoms with Crippen molar-refractivity contribution < 1.29 is 38.1 Å².